The van der Waals surface area contributed by atoms with E-state index in [9.17, 15) is 9.59 Å². The minimum atomic E-state index is -0.404. The van der Waals surface area contributed by atoms with Crippen LogP contribution in [0, 0.1) is 11.8 Å². The third-order valence-electron chi connectivity index (χ3n) is 6.53. The van der Waals surface area contributed by atoms with E-state index in [1.807, 2.05) is 4.90 Å². The van der Waals surface area contributed by atoms with Gasteiger partial charge in [-0.2, -0.15) is 0 Å². The van der Waals surface area contributed by atoms with Crippen LogP contribution < -0.4 is 5.32 Å². The summed E-state index contributed by atoms with van der Waals surface area (Å²) in [5.41, 5.74) is 1.46. The first kappa shape index (κ1) is 16.9. The molecule has 3 saturated heterocycles. The number of nitrogens with one attached hydrogen (secondary N) is 1. The van der Waals surface area contributed by atoms with Gasteiger partial charge in [0.2, 0.25) is 0 Å². The van der Waals surface area contributed by atoms with E-state index in [-0.39, 0.29) is 18.6 Å². The molecule has 3 aliphatic heterocycles. The molecule has 0 aromatic rings. The molecule has 3 fully saturated rings. The zero-order valence-corrected chi connectivity index (χ0v) is 15.1. The van der Waals surface area contributed by atoms with Crippen molar-refractivity contribution in [3.63, 3.8) is 0 Å². The number of hydrogen-bond acceptors (Lipinski definition) is 4. The van der Waals surface area contributed by atoms with Crippen molar-refractivity contribution in [1.29, 1.82) is 0 Å². The number of esters is 1. The van der Waals surface area contributed by atoms with Gasteiger partial charge in [0.05, 0.1) is 13.2 Å². The third-order valence-corrected chi connectivity index (χ3v) is 6.53. The molecular weight excluding hydrogens is 318 g/mol. The number of nitrogens with zero attached hydrogens (tertiary/aromatic N) is 2. The van der Waals surface area contributed by atoms with Crippen LogP contribution in [0.5, 0.6) is 0 Å². The van der Waals surface area contributed by atoms with Crippen molar-refractivity contribution in [2.75, 3.05) is 33.3 Å². The molecule has 3 heterocycles. The van der Waals surface area contributed by atoms with Crippen molar-refractivity contribution in [1.82, 2.24) is 15.1 Å². The van der Waals surface area contributed by atoms with E-state index in [0.717, 1.165) is 32.0 Å². The van der Waals surface area contributed by atoms with Gasteiger partial charge in [0.25, 0.3) is 0 Å². The summed E-state index contributed by atoms with van der Waals surface area (Å²) in [6.07, 6.45) is 9.83. The highest BCUT2D eigenvalue weighted by Gasteiger charge is 2.46. The van der Waals surface area contributed by atoms with Gasteiger partial charge in [-0.25, -0.2) is 4.79 Å². The molecule has 0 aromatic heterocycles. The maximum Gasteiger partial charge on any atom is 0.325 e. The summed E-state index contributed by atoms with van der Waals surface area (Å²) in [4.78, 5) is 28.7. The first-order valence-electron chi connectivity index (χ1n) is 9.73. The summed E-state index contributed by atoms with van der Waals surface area (Å²) in [6.45, 7) is 3.05. The molecule has 2 bridgehead atoms. The first-order chi connectivity index (χ1) is 12.2. The van der Waals surface area contributed by atoms with Gasteiger partial charge in [-0.1, -0.05) is 18.1 Å². The molecule has 4 atom stereocenters. The Kier molecular flexibility index (Phi) is 4.71. The Labute approximate surface area is 149 Å². The Morgan fingerprint density at radius 2 is 2.16 bits per heavy atom. The van der Waals surface area contributed by atoms with Crippen LogP contribution in [-0.4, -0.2) is 67.2 Å². The van der Waals surface area contributed by atoms with Gasteiger partial charge >= 0.3 is 12.0 Å². The Hall–Kier alpha value is -1.56. The number of rotatable bonds is 2. The Morgan fingerprint density at radius 3 is 3.00 bits per heavy atom. The molecule has 4 aliphatic rings. The Morgan fingerprint density at radius 1 is 1.28 bits per heavy atom. The van der Waals surface area contributed by atoms with E-state index in [4.69, 9.17) is 0 Å². The van der Waals surface area contributed by atoms with Crippen molar-refractivity contribution >= 4 is 12.0 Å². The minimum Gasteiger partial charge on any atom is -0.468 e. The summed E-state index contributed by atoms with van der Waals surface area (Å²) in [5, 5.41) is 2.74. The summed E-state index contributed by atoms with van der Waals surface area (Å²) < 4.78 is 4.63. The van der Waals surface area contributed by atoms with Gasteiger partial charge in [0.1, 0.15) is 6.54 Å². The van der Waals surface area contributed by atoms with Crippen LogP contribution in [-0.2, 0) is 9.53 Å². The maximum atomic E-state index is 12.7. The Balaban J connectivity index is 1.51. The average Bonchev–Trinajstić information content (AvgIpc) is 2.65. The maximum absolute atomic E-state index is 12.7. The fourth-order valence-electron chi connectivity index (χ4n) is 5.52. The number of methoxy groups -OCH3 is 1. The number of hydrogen-bond donors (Lipinski definition) is 1. The highest BCUT2D eigenvalue weighted by molar-refractivity contribution is 5.81. The second kappa shape index (κ2) is 6.98. The van der Waals surface area contributed by atoms with Crippen LogP contribution in [0.4, 0.5) is 4.79 Å². The molecule has 0 unspecified atom stereocenters. The normalized spacial score (nSPS) is 34.4. The number of ether oxygens (including phenoxy) is 1. The molecule has 1 N–H and O–H groups in total. The van der Waals surface area contributed by atoms with Crippen molar-refractivity contribution in [3.8, 4) is 0 Å². The molecule has 0 spiro atoms. The van der Waals surface area contributed by atoms with E-state index >= 15 is 0 Å². The lowest BCUT2D eigenvalue weighted by Gasteiger charge is -2.54. The lowest BCUT2D eigenvalue weighted by Crippen LogP contribution is -2.61. The van der Waals surface area contributed by atoms with Gasteiger partial charge < -0.3 is 15.0 Å². The van der Waals surface area contributed by atoms with Crippen molar-refractivity contribution in [3.05, 3.63) is 11.6 Å². The molecule has 4 rings (SSSR count). The van der Waals surface area contributed by atoms with E-state index in [2.05, 4.69) is 21.0 Å². The number of piperidine rings is 3. The molecule has 6 heteroatoms. The molecule has 6 nitrogen and oxygen atoms in total. The minimum absolute atomic E-state index is 0.0565. The van der Waals surface area contributed by atoms with Crippen molar-refractivity contribution in [2.45, 2.75) is 50.6 Å². The van der Waals surface area contributed by atoms with E-state index in [1.165, 1.54) is 44.9 Å². The van der Waals surface area contributed by atoms with Crippen LogP contribution in [0.15, 0.2) is 11.6 Å². The van der Waals surface area contributed by atoms with Crippen LogP contribution in [0.3, 0.4) is 0 Å². The third kappa shape index (κ3) is 3.16. The molecule has 25 heavy (non-hydrogen) atoms. The highest BCUT2D eigenvalue weighted by Crippen LogP contribution is 2.44. The predicted molar refractivity (Wildman–Crippen MR) is 94.0 cm³/mol. The van der Waals surface area contributed by atoms with Gasteiger partial charge in [0, 0.05) is 19.1 Å². The molecule has 0 radical (unpaired) electrons. The zero-order chi connectivity index (χ0) is 17.4. The fraction of sp³-hybridized carbons (Fsp3) is 0.789. The number of amides is 2. The van der Waals surface area contributed by atoms with Crippen LogP contribution >= 0.6 is 0 Å². The summed E-state index contributed by atoms with van der Waals surface area (Å²) in [5.74, 6) is 0.797. The summed E-state index contributed by atoms with van der Waals surface area (Å²) in [7, 11) is 1.34. The van der Waals surface area contributed by atoms with Gasteiger partial charge in [-0.05, 0) is 50.5 Å². The molecule has 138 valence electrons. The van der Waals surface area contributed by atoms with E-state index in [1.54, 1.807) is 0 Å². The Bertz CT molecular complexity index is 576. The topological polar surface area (TPSA) is 61.9 Å². The average molecular weight is 347 g/mol. The largest absolute Gasteiger partial charge is 0.468 e. The summed E-state index contributed by atoms with van der Waals surface area (Å²) >= 11 is 0. The van der Waals surface area contributed by atoms with Gasteiger partial charge in [-0.15, -0.1) is 0 Å². The molecule has 0 aromatic carbocycles. The fourth-order valence-corrected chi connectivity index (χ4v) is 5.52. The lowest BCUT2D eigenvalue weighted by atomic mass is 9.68. The van der Waals surface area contributed by atoms with Crippen LogP contribution in [0.1, 0.15) is 38.5 Å². The van der Waals surface area contributed by atoms with E-state index < -0.39 is 5.97 Å². The number of likely N-dealkylation sites (tertiary alicyclic amines) is 1. The quantitative estimate of drug-likeness (QED) is 0.611. The van der Waals surface area contributed by atoms with Crippen LogP contribution in [0.25, 0.3) is 0 Å². The number of fused-ring (bicyclic) bond motifs is 6. The summed E-state index contributed by atoms with van der Waals surface area (Å²) in [6, 6.07) is 0.813. The lowest BCUT2D eigenvalue weighted by molar-refractivity contribution is -0.139. The zero-order valence-electron chi connectivity index (χ0n) is 15.1. The highest BCUT2D eigenvalue weighted by atomic mass is 16.5. The van der Waals surface area contributed by atoms with Crippen molar-refractivity contribution < 1.29 is 14.3 Å². The standard InChI is InChI=1S/C19H29N3O3/c1-25-17(23)11-20-19(24)22-8-4-5-13-9-14-10-15(18(13)22)12-21-7-3-2-6-16(14)21/h9,14-16,18H,2-8,10-12H2,1H3,(H,20,24)/t14-,15-,16+,18+/m0/s1. The monoisotopic (exact) mass is 347 g/mol. The number of urea groups is 1. The van der Waals surface area contributed by atoms with Crippen LogP contribution in [0.2, 0.25) is 0 Å². The second-order valence-corrected chi connectivity index (χ2v) is 7.94. The van der Waals surface area contributed by atoms with E-state index in [0.29, 0.717) is 11.8 Å². The predicted octanol–water partition coefficient (Wildman–Crippen LogP) is 1.76. The number of carbonyl (C=O) groups excluding carboxylic acids is 2. The molecule has 0 saturated carbocycles. The second-order valence-electron chi connectivity index (χ2n) is 7.94. The first-order valence-corrected chi connectivity index (χ1v) is 9.73. The molecule has 1 aliphatic carbocycles. The smallest absolute Gasteiger partial charge is 0.325 e. The molecular formula is C19H29N3O3. The molecule has 2 amide bonds. The van der Waals surface area contributed by atoms with Gasteiger partial charge in [0.15, 0.2) is 0 Å². The number of carbonyl (C=O) groups is 2. The SMILES string of the molecule is COC(=O)CNC(=O)N1CCCC2=C[C@H]3C[C@@H](CN4CCCC[C@H]34)[C@@H]21. The van der Waals surface area contributed by atoms with Gasteiger partial charge in [-0.3, -0.25) is 9.69 Å². The van der Waals surface area contributed by atoms with Crippen molar-refractivity contribution in [2.24, 2.45) is 11.8 Å².